The molecule has 0 unspecified atom stereocenters. The summed E-state index contributed by atoms with van der Waals surface area (Å²) in [6.07, 6.45) is 14.5. The maximum Gasteiger partial charge on any atom is 0.328 e. The summed E-state index contributed by atoms with van der Waals surface area (Å²) in [7, 11) is 1.59. The summed E-state index contributed by atoms with van der Waals surface area (Å²) in [6, 6.07) is 10.8. The van der Waals surface area contributed by atoms with Crippen molar-refractivity contribution in [2.75, 3.05) is 7.11 Å². The second-order valence-electron chi connectivity index (χ2n) is 8.54. The van der Waals surface area contributed by atoms with E-state index in [-0.39, 0.29) is 12.3 Å². The first-order valence-electron chi connectivity index (χ1n) is 12.3. The van der Waals surface area contributed by atoms with E-state index in [0.717, 1.165) is 47.9 Å². The maximum absolute atomic E-state index is 10.9. The number of benzene rings is 1. The van der Waals surface area contributed by atoms with E-state index in [0.29, 0.717) is 0 Å². The molecule has 1 aliphatic carbocycles. The number of carboxylic acids is 3. The van der Waals surface area contributed by atoms with Crippen molar-refractivity contribution in [2.24, 2.45) is 5.92 Å². The first-order valence-corrected chi connectivity index (χ1v) is 13.2. The summed E-state index contributed by atoms with van der Waals surface area (Å²) in [5, 5.41) is 27.5. The SMILES string of the molecule is COc1ccc(/C=C/C(=O)O)cc1.O=C(O)C1CCCCCCCCCC1.O=C(O)Cc1cccs1. The third-order valence-corrected chi connectivity index (χ3v) is 6.52. The Labute approximate surface area is 217 Å². The molecule has 1 saturated carbocycles. The number of thiophene rings is 1. The van der Waals surface area contributed by atoms with Crippen molar-refractivity contribution in [2.45, 2.75) is 70.6 Å². The molecule has 0 amide bonds. The number of ether oxygens (including phenoxy) is 1. The largest absolute Gasteiger partial charge is 0.497 e. The smallest absolute Gasteiger partial charge is 0.328 e. The predicted octanol–water partition coefficient (Wildman–Crippen LogP) is 6.77. The molecular formula is C28H38O7S. The van der Waals surface area contributed by atoms with Crippen LogP contribution in [-0.4, -0.2) is 40.3 Å². The van der Waals surface area contributed by atoms with Gasteiger partial charge in [0, 0.05) is 11.0 Å². The number of carboxylic acid groups (broad SMARTS) is 3. The Bertz CT molecular complexity index is 892. The van der Waals surface area contributed by atoms with Gasteiger partial charge >= 0.3 is 17.9 Å². The molecule has 3 rings (SSSR count). The second kappa shape index (κ2) is 19.1. The molecule has 3 N–H and O–H groups in total. The third kappa shape index (κ3) is 15.7. The Morgan fingerprint density at radius 2 is 1.44 bits per heavy atom. The average Bonchev–Trinajstić information content (AvgIpc) is 3.33. The van der Waals surface area contributed by atoms with Gasteiger partial charge in [0.05, 0.1) is 19.4 Å². The molecule has 0 radical (unpaired) electrons. The van der Waals surface area contributed by atoms with Gasteiger partial charge in [-0.05, 0) is 48.1 Å². The van der Waals surface area contributed by atoms with E-state index in [9.17, 15) is 14.4 Å². The minimum absolute atomic E-state index is 0.0619. The Morgan fingerprint density at radius 1 is 0.889 bits per heavy atom. The van der Waals surface area contributed by atoms with Crippen LogP contribution in [0.2, 0.25) is 0 Å². The van der Waals surface area contributed by atoms with Crippen LogP contribution >= 0.6 is 11.3 Å². The van der Waals surface area contributed by atoms with Gasteiger partial charge < -0.3 is 20.1 Å². The molecule has 7 nitrogen and oxygen atoms in total. The van der Waals surface area contributed by atoms with Crippen molar-refractivity contribution in [3.05, 3.63) is 58.3 Å². The van der Waals surface area contributed by atoms with Crippen LogP contribution in [0.3, 0.4) is 0 Å². The van der Waals surface area contributed by atoms with Gasteiger partial charge in [-0.1, -0.05) is 69.6 Å². The monoisotopic (exact) mass is 518 g/mol. The molecule has 2 aromatic rings. The van der Waals surface area contributed by atoms with Crippen LogP contribution in [-0.2, 0) is 20.8 Å². The highest BCUT2D eigenvalue weighted by Gasteiger charge is 2.16. The van der Waals surface area contributed by atoms with Crippen LogP contribution in [0.4, 0.5) is 0 Å². The molecule has 0 aliphatic heterocycles. The predicted molar refractivity (Wildman–Crippen MR) is 143 cm³/mol. The fourth-order valence-corrected chi connectivity index (χ4v) is 4.37. The first kappa shape index (κ1) is 30.9. The number of hydrogen-bond acceptors (Lipinski definition) is 5. The molecule has 1 aromatic heterocycles. The highest BCUT2D eigenvalue weighted by Crippen LogP contribution is 2.21. The highest BCUT2D eigenvalue weighted by molar-refractivity contribution is 7.10. The van der Waals surface area contributed by atoms with Crippen LogP contribution in [0, 0.1) is 5.92 Å². The van der Waals surface area contributed by atoms with E-state index >= 15 is 0 Å². The zero-order chi connectivity index (χ0) is 26.6. The lowest BCUT2D eigenvalue weighted by atomic mass is 9.96. The van der Waals surface area contributed by atoms with Crippen molar-refractivity contribution in [3.8, 4) is 5.75 Å². The first-order chi connectivity index (χ1) is 17.3. The van der Waals surface area contributed by atoms with Crippen LogP contribution in [0.25, 0.3) is 6.08 Å². The van der Waals surface area contributed by atoms with E-state index in [4.69, 9.17) is 20.1 Å². The number of carbonyl (C=O) groups is 3. The molecule has 1 aromatic carbocycles. The van der Waals surface area contributed by atoms with E-state index in [1.807, 2.05) is 17.5 Å². The third-order valence-electron chi connectivity index (χ3n) is 5.64. The highest BCUT2D eigenvalue weighted by atomic mass is 32.1. The molecule has 0 bridgehead atoms. The normalized spacial score (nSPS) is 14.8. The van der Waals surface area contributed by atoms with Gasteiger partial charge in [0.1, 0.15) is 5.75 Å². The van der Waals surface area contributed by atoms with Crippen LogP contribution < -0.4 is 4.74 Å². The molecular weight excluding hydrogens is 480 g/mol. The lowest BCUT2D eigenvalue weighted by Gasteiger charge is -2.10. The molecule has 0 atom stereocenters. The van der Waals surface area contributed by atoms with Gasteiger partial charge in [-0.25, -0.2) is 4.79 Å². The topological polar surface area (TPSA) is 121 Å². The van der Waals surface area contributed by atoms with E-state index in [1.165, 1.54) is 55.9 Å². The maximum atomic E-state index is 10.9. The van der Waals surface area contributed by atoms with Crippen molar-refractivity contribution in [3.63, 3.8) is 0 Å². The summed E-state index contributed by atoms with van der Waals surface area (Å²) in [5.74, 6) is -1.60. The molecule has 1 fully saturated rings. The molecule has 198 valence electrons. The summed E-state index contributed by atoms with van der Waals surface area (Å²) in [5.41, 5.74) is 0.836. The second-order valence-corrected chi connectivity index (χ2v) is 9.57. The lowest BCUT2D eigenvalue weighted by Crippen LogP contribution is -2.13. The Morgan fingerprint density at radius 3 is 1.86 bits per heavy atom. The summed E-state index contributed by atoms with van der Waals surface area (Å²) < 4.78 is 4.95. The summed E-state index contributed by atoms with van der Waals surface area (Å²) in [6.45, 7) is 0. The number of rotatable bonds is 6. The van der Waals surface area contributed by atoms with Gasteiger partial charge in [-0.15, -0.1) is 11.3 Å². The van der Waals surface area contributed by atoms with Crippen LogP contribution in [0.15, 0.2) is 47.9 Å². The Hall–Kier alpha value is -3.13. The van der Waals surface area contributed by atoms with E-state index in [2.05, 4.69) is 0 Å². The van der Waals surface area contributed by atoms with E-state index in [1.54, 1.807) is 31.4 Å². The fourth-order valence-electron chi connectivity index (χ4n) is 3.68. The molecule has 1 aliphatic rings. The van der Waals surface area contributed by atoms with Crippen molar-refractivity contribution >= 4 is 35.3 Å². The fraction of sp³-hybridized carbons (Fsp3) is 0.464. The quantitative estimate of drug-likeness (QED) is 0.361. The van der Waals surface area contributed by atoms with Crippen molar-refractivity contribution in [1.82, 2.24) is 0 Å². The molecule has 0 saturated heterocycles. The van der Waals surface area contributed by atoms with Crippen molar-refractivity contribution < 1.29 is 34.4 Å². The summed E-state index contributed by atoms with van der Waals surface area (Å²) >= 11 is 1.47. The molecule has 0 spiro atoms. The molecule has 8 heteroatoms. The van der Waals surface area contributed by atoms with Crippen LogP contribution in [0.5, 0.6) is 5.75 Å². The van der Waals surface area contributed by atoms with E-state index < -0.39 is 17.9 Å². The number of hydrogen-bond donors (Lipinski definition) is 3. The van der Waals surface area contributed by atoms with Crippen molar-refractivity contribution in [1.29, 1.82) is 0 Å². The van der Waals surface area contributed by atoms with Crippen LogP contribution in [0.1, 0.15) is 74.6 Å². The van der Waals surface area contributed by atoms with Gasteiger partial charge in [-0.3, -0.25) is 9.59 Å². The minimum atomic E-state index is -0.948. The average molecular weight is 519 g/mol. The Kier molecular flexibility index (Phi) is 16.4. The van der Waals surface area contributed by atoms with Gasteiger partial charge in [0.25, 0.3) is 0 Å². The Balaban J connectivity index is 0.000000276. The minimum Gasteiger partial charge on any atom is -0.497 e. The molecule has 1 heterocycles. The molecule has 36 heavy (non-hydrogen) atoms. The lowest BCUT2D eigenvalue weighted by molar-refractivity contribution is -0.142. The summed E-state index contributed by atoms with van der Waals surface area (Å²) in [4.78, 5) is 32.1. The zero-order valence-electron chi connectivity index (χ0n) is 20.9. The zero-order valence-corrected chi connectivity index (χ0v) is 21.8. The standard InChI is InChI=1S/C12H22O2.C10H10O3.C6H6O2S/c13-12(14)11-9-7-5-3-1-2-4-6-8-10-11;1-13-9-5-2-8(3-6-9)4-7-10(11)12;7-6(8)4-5-2-1-3-9-5/h11H,1-10H2,(H,13,14);2-7H,1H3,(H,11,12);1-3H,4H2,(H,7,8)/b;7-4+;. The number of methoxy groups -OCH3 is 1. The number of aliphatic carboxylic acids is 3. The van der Waals surface area contributed by atoms with Gasteiger partial charge in [-0.2, -0.15) is 0 Å². The van der Waals surface area contributed by atoms with Gasteiger partial charge in [0.2, 0.25) is 0 Å². The van der Waals surface area contributed by atoms with Gasteiger partial charge in [0.15, 0.2) is 0 Å².